The third-order valence-electron chi connectivity index (χ3n) is 5.75. The molecule has 7 nitrogen and oxygen atoms in total. The summed E-state index contributed by atoms with van der Waals surface area (Å²) in [4.78, 5) is 50.1. The molecule has 3 amide bonds. The van der Waals surface area contributed by atoms with Crippen molar-refractivity contribution in [2.75, 3.05) is 6.54 Å². The van der Waals surface area contributed by atoms with E-state index in [4.69, 9.17) is 0 Å². The first-order chi connectivity index (χ1) is 16.0. The van der Waals surface area contributed by atoms with Crippen LogP contribution in [0.2, 0.25) is 0 Å². The lowest BCUT2D eigenvalue weighted by atomic mass is 9.98. The van der Waals surface area contributed by atoms with Crippen molar-refractivity contribution in [3.05, 3.63) is 71.1 Å². The molecule has 3 atom stereocenters. The highest BCUT2D eigenvalue weighted by molar-refractivity contribution is 7.20. The largest absolute Gasteiger partial charge is 0.356 e. The van der Waals surface area contributed by atoms with Crippen molar-refractivity contribution in [1.82, 2.24) is 16.0 Å². The number of aldehydes is 1. The second-order valence-corrected chi connectivity index (χ2v) is 9.21. The van der Waals surface area contributed by atoms with Crippen molar-refractivity contribution in [2.45, 2.75) is 31.3 Å². The number of carbonyl (C=O) groups excluding carboxylic acids is 4. The fourth-order valence-corrected chi connectivity index (χ4v) is 4.96. The minimum absolute atomic E-state index is 0.102. The minimum atomic E-state index is -0.870. The van der Waals surface area contributed by atoms with Crippen LogP contribution in [-0.4, -0.2) is 42.6 Å². The number of carbonyl (C=O) groups is 4. The van der Waals surface area contributed by atoms with E-state index in [9.17, 15) is 19.2 Å². The van der Waals surface area contributed by atoms with E-state index in [-0.39, 0.29) is 30.6 Å². The van der Waals surface area contributed by atoms with Gasteiger partial charge < -0.3 is 20.7 Å². The maximum atomic E-state index is 13.1. The van der Waals surface area contributed by atoms with Gasteiger partial charge >= 0.3 is 0 Å². The minimum Gasteiger partial charge on any atom is -0.356 e. The van der Waals surface area contributed by atoms with Crippen molar-refractivity contribution in [3.8, 4) is 0 Å². The molecule has 1 fully saturated rings. The molecule has 1 aromatic heterocycles. The van der Waals surface area contributed by atoms with Crippen LogP contribution in [0.15, 0.2) is 60.7 Å². The van der Waals surface area contributed by atoms with Crippen LogP contribution in [0.3, 0.4) is 0 Å². The average molecular weight is 464 g/mol. The quantitative estimate of drug-likeness (QED) is 0.424. The normalized spacial score (nSPS) is 17.2. The number of nitrogens with one attached hydrogen (secondary N) is 3. The van der Waals surface area contributed by atoms with Crippen LogP contribution in [-0.2, 0) is 20.8 Å². The predicted molar refractivity (Wildman–Crippen MR) is 127 cm³/mol. The Balaban J connectivity index is 1.49. The molecule has 0 saturated carbocycles. The van der Waals surface area contributed by atoms with Crippen LogP contribution in [0, 0.1) is 5.92 Å². The van der Waals surface area contributed by atoms with Crippen molar-refractivity contribution in [1.29, 1.82) is 0 Å². The third-order valence-corrected chi connectivity index (χ3v) is 6.86. The van der Waals surface area contributed by atoms with Gasteiger partial charge in [-0.25, -0.2) is 0 Å². The second kappa shape index (κ2) is 10.4. The molecule has 2 heterocycles. The first kappa shape index (κ1) is 22.7. The average Bonchev–Trinajstić information content (AvgIpc) is 3.44. The van der Waals surface area contributed by atoms with Gasteiger partial charge in [-0.15, -0.1) is 11.3 Å². The van der Waals surface area contributed by atoms with E-state index >= 15 is 0 Å². The fourth-order valence-electron chi connectivity index (χ4n) is 3.99. The zero-order chi connectivity index (χ0) is 23.2. The molecule has 0 aliphatic carbocycles. The van der Waals surface area contributed by atoms with Gasteiger partial charge in [-0.3, -0.25) is 14.4 Å². The van der Waals surface area contributed by atoms with Gasteiger partial charge in [-0.2, -0.15) is 0 Å². The molecule has 3 aromatic rings. The summed E-state index contributed by atoms with van der Waals surface area (Å²) in [6.45, 7) is 0.574. The fraction of sp³-hybridized carbons (Fsp3) is 0.280. The molecule has 8 heteroatoms. The molecule has 2 aromatic carbocycles. The summed E-state index contributed by atoms with van der Waals surface area (Å²) in [6.07, 6.45) is 1.80. The number of fused-ring (bicyclic) bond motifs is 1. The van der Waals surface area contributed by atoms with E-state index in [0.29, 0.717) is 24.1 Å². The van der Waals surface area contributed by atoms with E-state index in [1.54, 1.807) is 6.07 Å². The lowest BCUT2D eigenvalue weighted by molar-refractivity contribution is -0.127. The van der Waals surface area contributed by atoms with Gasteiger partial charge in [0.05, 0.1) is 10.9 Å². The molecule has 3 N–H and O–H groups in total. The van der Waals surface area contributed by atoms with Crippen LogP contribution < -0.4 is 16.0 Å². The molecular formula is C25H25N3O4S. The highest BCUT2D eigenvalue weighted by Crippen LogP contribution is 2.25. The Kier molecular flexibility index (Phi) is 7.14. The lowest BCUT2D eigenvalue weighted by Gasteiger charge is -2.22. The van der Waals surface area contributed by atoms with E-state index < -0.39 is 18.0 Å². The summed E-state index contributed by atoms with van der Waals surface area (Å²) in [5, 5.41) is 9.26. The molecule has 1 aliphatic heterocycles. The van der Waals surface area contributed by atoms with E-state index in [0.717, 1.165) is 15.6 Å². The molecule has 4 rings (SSSR count). The molecule has 0 bridgehead atoms. The van der Waals surface area contributed by atoms with Gasteiger partial charge in [-0.1, -0.05) is 48.5 Å². The lowest BCUT2D eigenvalue weighted by Crippen LogP contribution is -2.51. The first-order valence-electron chi connectivity index (χ1n) is 10.9. The van der Waals surface area contributed by atoms with Crippen LogP contribution >= 0.6 is 11.3 Å². The Bertz CT molecular complexity index is 1130. The highest BCUT2D eigenvalue weighted by atomic mass is 32.1. The Morgan fingerprint density at radius 1 is 1.09 bits per heavy atom. The van der Waals surface area contributed by atoms with E-state index in [1.165, 1.54) is 11.3 Å². The number of hydrogen-bond donors (Lipinski definition) is 3. The molecule has 170 valence electrons. The second-order valence-electron chi connectivity index (χ2n) is 8.13. The van der Waals surface area contributed by atoms with Crippen molar-refractivity contribution in [2.24, 2.45) is 5.92 Å². The van der Waals surface area contributed by atoms with E-state index in [1.807, 2.05) is 54.6 Å². The van der Waals surface area contributed by atoms with Crippen molar-refractivity contribution >= 4 is 45.4 Å². The Morgan fingerprint density at radius 3 is 2.55 bits per heavy atom. The van der Waals surface area contributed by atoms with E-state index in [2.05, 4.69) is 16.0 Å². The topological polar surface area (TPSA) is 104 Å². The number of rotatable bonds is 9. The van der Waals surface area contributed by atoms with Crippen LogP contribution in [0.4, 0.5) is 0 Å². The number of benzene rings is 2. The Morgan fingerprint density at radius 2 is 1.85 bits per heavy atom. The predicted octanol–water partition coefficient (Wildman–Crippen LogP) is 2.45. The zero-order valence-corrected chi connectivity index (χ0v) is 18.8. The Labute approximate surface area is 195 Å². The van der Waals surface area contributed by atoms with Gasteiger partial charge in [-0.05, 0) is 35.9 Å². The Hall–Kier alpha value is -3.52. The SMILES string of the molecule is O=CC(C[C@@H]1CCNC1=O)NC(=O)[C@H](Cc1ccccc1)NC(=O)c1cc2ccccc2s1. The van der Waals surface area contributed by atoms with Gasteiger partial charge in [0.25, 0.3) is 5.91 Å². The molecule has 33 heavy (non-hydrogen) atoms. The summed E-state index contributed by atoms with van der Waals surface area (Å²) in [5.74, 6) is -1.20. The third kappa shape index (κ3) is 5.64. The molecular weight excluding hydrogens is 438 g/mol. The summed E-state index contributed by atoms with van der Waals surface area (Å²) < 4.78 is 0.988. The standard InChI is InChI=1S/C25H25N3O4S/c29-15-19(13-18-10-11-26-23(18)30)27-24(31)20(12-16-6-2-1-3-7-16)28-25(32)22-14-17-8-4-5-9-21(17)33-22/h1-9,14-15,18-20H,10-13H2,(H,26,30)(H,27,31)(H,28,32)/t18-,19?,20-/m0/s1. The van der Waals surface area contributed by atoms with Gasteiger partial charge in [0.15, 0.2) is 0 Å². The molecule has 1 aliphatic rings. The highest BCUT2D eigenvalue weighted by Gasteiger charge is 2.30. The van der Waals surface area contributed by atoms with Crippen molar-refractivity contribution in [3.63, 3.8) is 0 Å². The number of thiophene rings is 1. The smallest absolute Gasteiger partial charge is 0.262 e. The van der Waals surface area contributed by atoms with Gasteiger partial charge in [0.2, 0.25) is 11.8 Å². The summed E-state index contributed by atoms with van der Waals surface area (Å²) in [5.41, 5.74) is 0.882. The molecule has 1 saturated heterocycles. The van der Waals surface area contributed by atoms with Gasteiger partial charge in [0.1, 0.15) is 12.3 Å². The maximum absolute atomic E-state index is 13.1. The summed E-state index contributed by atoms with van der Waals surface area (Å²) >= 11 is 1.36. The van der Waals surface area contributed by atoms with Crippen molar-refractivity contribution < 1.29 is 19.2 Å². The van der Waals surface area contributed by atoms with Crippen LogP contribution in [0.1, 0.15) is 28.1 Å². The summed E-state index contributed by atoms with van der Waals surface area (Å²) in [6, 6.07) is 17.2. The monoisotopic (exact) mass is 463 g/mol. The van der Waals surface area contributed by atoms with Crippen LogP contribution in [0.25, 0.3) is 10.1 Å². The molecule has 0 spiro atoms. The maximum Gasteiger partial charge on any atom is 0.262 e. The zero-order valence-electron chi connectivity index (χ0n) is 18.0. The number of amides is 3. The van der Waals surface area contributed by atoms with Crippen LogP contribution in [0.5, 0.6) is 0 Å². The molecule has 1 unspecified atom stereocenters. The summed E-state index contributed by atoms with van der Waals surface area (Å²) in [7, 11) is 0. The first-order valence-corrected chi connectivity index (χ1v) is 11.7. The molecule has 0 radical (unpaired) electrons. The van der Waals surface area contributed by atoms with Gasteiger partial charge in [0, 0.05) is 23.6 Å². The number of hydrogen-bond acceptors (Lipinski definition) is 5.